The van der Waals surface area contributed by atoms with E-state index in [1.165, 1.54) is 22.7 Å². The zero-order chi connectivity index (χ0) is 13.2. The summed E-state index contributed by atoms with van der Waals surface area (Å²) in [6, 6.07) is 7.90. The number of nitrogens with one attached hydrogen (secondary N) is 1. The SMILES string of the molecule is COc1cccc2c1CC(NC(=O)c1ccsn1)C2. The highest BCUT2D eigenvalue weighted by Crippen LogP contribution is 2.30. The van der Waals surface area contributed by atoms with Crippen molar-refractivity contribution in [3.8, 4) is 5.75 Å². The molecule has 1 unspecified atom stereocenters. The Bertz CT molecular complexity index is 595. The summed E-state index contributed by atoms with van der Waals surface area (Å²) in [5.74, 6) is 0.806. The number of aromatic nitrogens is 1. The molecule has 3 rings (SSSR count). The van der Waals surface area contributed by atoms with E-state index in [0.29, 0.717) is 5.69 Å². The number of rotatable bonds is 3. The van der Waals surface area contributed by atoms with E-state index in [0.717, 1.165) is 18.6 Å². The van der Waals surface area contributed by atoms with Crippen LogP contribution < -0.4 is 10.1 Å². The Labute approximate surface area is 115 Å². The van der Waals surface area contributed by atoms with Gasteiger partial charge in [-0.25, -0.2) is 0 Å². The van der Waals surface area contributed by atoms with Gasteiger partial charge in [0.1, 0.15) is 11.4 Å². The summed E-state index contributed by atoms with van der Waals surface area (Å²) < 4.78 is 9.41. The fourth-order valence-electron chi connectivity index (χ4n) is 2.50. The first-order valence-corrected chi connectivity index (χ1v) is 6.97. The molecule has 1 heterocycles. The van der Waals surface area contributed by atoms with Gasteiger partial charge in [-0.2, -0.15) is 4.37 Å². The van der Waals surface area contributed by atoms with Crippen LogP contribution in [-0.4, -0.2) is 23.4 Å². The fourth-order valence-corrected chi connectivity index (χ4v) is 3.01. The van der Waals surface area contributed by atoms with Crippen molar-refractivity contribution in [2.24, 2.45) is 0 Å². The van der Waals surface area contributed by atoms with Gasteiger partial charge in [0.25, 0.3) is 5.91 Å². The third kappa shape index (κ3) is 2.33. The number of fused-ring (bicyclic) bond motifs is 1. The fraction of sp³-hybridized carbons (Fsp3) is 0.286. The number of benzene rings is 1. The standard InChI is InChI=1S/C14H14N2O2S/c1-18-13-4-2-3-9-7-10(8-11(9)13)15-14(17)12-5-6-19-16-12/h2-6,10H,7-8H2,1H3,(H,15,17). The molecule has 1 N–H and O–H groups in total. The van der Waals surface area contributed by atoms with Gasteiger partial charge in [-0.3, -0.25) is 4.79 Å². The number of nitrogens with zero attached hydrogens (tertiary/aromatic N) is 1. The summed E-state index contributed by atoms with van der Waals surface area (Å²) in [6.07, 6.45) is 1.66. The molecule has 1 aliphatic rings. The summed E-state index contributed by atoms with van der Waals surface area (Å²) in [7, 11) is 1.68. The lowest BCUT2D eigenvalue weighted by molar-refractivity contribution is 0.0934. The molecule has 1 aromatic carbocycles. The zero-order valence-corrected chi connectivity index (χ0v) is 11.4. The van der Waals surface area contributed by atoms with Gasteiger partial charge < -0.3 is 10.1 Å². The van der Waals surface area contributed by atoms with Crippen LogP contribution in [0.15, 0.2) is 29.6 Å². The van der Waals surface area contributed by atoms with Gasteiger partial charge in [0.15, 0.2) is 0 Å². The molecule has 0 fully saturated rings. The van der Waals surface area contributed by atoms with Crippen molar-refractivity contribution >= 4 is 17.4 Å². The Kier molecular flexibility index (Phi) is 3.21. The van der Waals surface area contributed by atoms with Gasteiger partial charge in [-0.15, -0.1) is 0 Å². The van der Waals surface area contributed by atoms with Crippen LogP contribution >= 0.6 is 11.5 Å². The second-order valence-corrected chi connectivity index (χ2v) is 5.23. The molecule has 2 aromatic rings. The Morgan fingerprint density at radius 1 is 1.42 bits per heavy atom. The molecule has 1 aromatic heterocycles. The minimum Gasteiger partial charge on any atom is -0.496 e. The molecule has 0 saturated carbocycles. The van der Waals surface area contributed by atoms with Crippen LogP contribution in [0.5, 0.6) is 5.75 Å². The molecule has 1 atom stereocenters. The number of methoxy groups -OCH3 is 1. The monoisotopic (exact) mass is 274 g/mol. The Balaban J connectivity index is 1.72. The van der Waals surface area contributed by atoms with Crippen molar-refractivity contribution in [3.63, 3.8) is 0 Å². The number of hydrogen-bond donors (Lipinski definition) is 1. The van der Waals surface area contributed by atoms with E-state index in [4.69, 9.17) is 4.74 Å². The quantitative estimate of drug-likeness (QED) is 0.932. The maximum Gasteiger partial charge on any atom is 0.271 e. The molecule has 0 aliphatic heterocycles. The molecule has 19 heavy (non-hydrogen) atoms. The third-order valence-electron chi connectivity index (χ3n) is 3.37. The smallest absolute Gasteiger partial charge is 0.271 e. The molecule has 98 valence electrons. The van der Waals surface area contributed by atoms with Crippen LogP contribution in [0.2, 0.25) is 0 Å². The number of carbonyl (C=O) groups is 1. The average Bonchev–Trinajstić information content (AvgIpc) is 3.06. The van der Waals surface area contributed by atoms with Gasteiger partial charge >= 0.3 is 0 Å². The summed E-state index contributed by atoms with van der Waals surface area (Å²) >= 11 is 1.29. The Hall–Kier alpha value is -1.88. The maximum atomic E-state index is 12.0. The first kappa shape index (κ1) is 12.2. The lowest BCUT2D eigenvalue weighted by Crippen LogP contribution is -2.35. The first-order chi connectivity index (χ1) is 9.28. The zero-order valence-electron chi connectivity index (χ0n) is 10.6. The highest BCUT2D eigenvalue weighted by molar-refractivity contribution is 7.03. The molecule has 1 amide bonds. The predicted molar refractivity (Wildman–Crippen MR) is 73.8 cm³/mol. The number of ether oxygens (including phenoxy) is 1. The topological polar surface area (TPSA) is 51.2 Å². The lowest BCUT2D eigenvalue weighted by Gasteiger charge is -2.10. The molecule has 0 bridgehead atoms. The predicted octanol–water partition coefficient (Wildman–Crippen LogP) is 2.05. The van der Waals surface area contributed by atoms with Gasteiger partial charge in [0, 0.05) is 11.4 Å². The van der Waals surface area contributed by atoms with Gasteiger partial charge in [-0.05, 0) is 47.6 Å². The van der Waals surface area contributed by atoms with Crippen LogP contribution in [0.3, 0.4) is 0 Å². The normalized spacial score (nSPS) is 17.0. The largest absolute Gasteiger partial charge is 0.496 e. The van der Waals surface area contributed by atoms with E-state index in [-0.39, 0.29) is 11.9 Å². The molecule has 0 spiro atoms. The van der Waals surface area contributed by atoms with Crippen molar-refractivity contribution < 1.29 is 9.53 Å². The van der Waals surface area contributed by atoms with E-state index in [9.17, 15) is 4.79 Å². The Morgan fingerprint density at radius 2 is 2.32 bits per heavy atom. The van der Waals surface area contributed by atoms with Crippen molar-refractivity contribution in [2.75, 3.05) is 7.11 Å². The molecule has 0 saturated heterocycles. The van der Waals surface area contributed by atoms with Crippen molar-refractivity contribution in [3.05, 3.63) is 46.5 Å². The lowest BCUT2D eigenvalue weighted by atomic mass is 10.1. The summed E-state index contributed by atoms with van der Waals surface area (Å²) in [5.41, 5.74) is 2.95. The van der Waals surface area contributed by atoms with E-state index < -0.39 is 0 Å². The van der Waals surface area contributed by atoms with E-state index >= 15 is 0 Å². The van der Waals surface area contributed by atoms with Crippen LogP contribution in [0, 0.1) is 0 Å². The second-order valence-electron chi connectivity index (χ2n) is 4.56. The molecular formula is C14H14N2O2S. The van der Waals surface area contributed by atoms with Crippen LogP contribution in [0.4, 0.5) is 0 Å². The molecule has 5 heteroatoms. The number of carbonyl (C=O) groups excluding carboxylic acids is 1. The molecular weight excluding hydrogens is 260 g/mol. The number of hydrogen-bond acceptors (Lipinski definition) is 4. The number of amides is 1. The third-order valence-corrected chi connectivity index (χ3v) is 3.93. The van der Waals surface area contributed by atoms with Gasteiger partial charge in [-0.1, -0.05) is 12.1 Å². The van der Waals surface area contributed by atoms with Crippen molar-refractivity contribution in [1.82, 2.24) is 9.69 Å². The summed E-state index contributed by atoms with van der Waals surface area (Å²) in [6.45, 7) is 0. The van der Waals surface area contributed by atoms with Gasteiger partial charge in [0.2, 0.25) is 0 Å². The van der Waals surface area contributed by atoms with E-state index in [1.807, 2.05) is 12.1 Å². The molecule has 4 nitrogen and oxygen atoms in total. The van der Waals surface area contributed by atoms with Gasteiger partial charge in [0.05, 0.1) is 7.11 Å². The average molecular weight is 274 g/mol. The van der Waals surface area contributed by atoms with Crippen molar-refractivity contribution in [1.29, 1.82) is 0 Å². The van der Waals surface area contributed by atoms with Crippen molar-refractivity contribution in [2.45, 2.75) is 18.9 Å². The highest BCUT2D eigenvalue weighted by Gasteiger charge is 2.26. The summed E-state index contributed by atoms with van der Waals surface area (Å²) in [5, 5.41) is 4.84. The Morgan fingerprint density at radius 3 is 3.05 bits per heavy atom. The van der Waals surface area contributed by atoms with Crippen LogP contribution in [-0.2, 0) is 12.8 Å². The van der Waals surface area contributed by atoms with Crippen LogP contribution in [0.25, 0.3) is 0 Å². The minimum absolute atomic E-state index is 0.0991. The summed E-state index contributed by atoms with van der Waals surface area (Å²) in [4.78, 5) is 12.0. The van der Waals surface area contributed by atoms with Crippen LogP contribution in [0.1, 0.15) is 21.6 Å². The maximum absolute atomic E-state index is 12.0. The second kappa shape index (κ2) is 5.01. The van der Waals surface area contributed by atoms with E-state index in [1.54, 1.807) is 18.6 Å². The highest BCUT2D eigenvalue weighted by atomic mass is 32.1. The molecule has 0 radical (unpaired) electrons. The molecule has 1 aliphatic carbocycles. The van der Waals surface area contributed by atoms with E-state index in [2.05, 4.69) is 15.8 Å². The first-order valence-electron chi connectivity index (χ1n) is 6.14. The minimum atomic E-state index is -0.0991.